The summed E-state index contributed by atoms with van der Waals surface area (Å²) in [6, 6.07) is 10.4. The first kappa shape index (κ1) is 13.2. The average Bonchev–Trinajstić information content (AvgIpc) is 2.77. The number of rotatable bonds is 2. The van der Waals surface area contributed by atoms with Crippen LogP contribution in [0.15, 0.2) is 42.6 Å². The van der Waals surface area contributed by atoms with E-state index in [4.69, 9.17) is 0 Å². The molecule has 106 valence electrons. The van der Waals surface area contributed by atoms with Crippen LogP contribution in [-0.2, 0) is 0 Å². The van der Waals surface area contributed by atoms with Gasteiger partial charge in [-0.1, -0.05) is 6.07 Å². The highest BCUT2D eigenvalue weighted by Crippen LogP contribution is 2.21. The van der Waals surface area contributed by atoms with Gasteiger partial charge in [-0.2, -0.15) is 0 Å². The van der Waals surface area contributed by atoms with Gasteiger partial charge in [0, 0.05) is 11.9 Å². The van der Waals surface area contributed by atoms with Crippen molar-refractivity contribution in [2.45, 2.75) is 13.8 Å². The summed E-state index contributed by atoms with van der Waals surface area (Å²) in [5.74, 6) is -0.0449. The van der Waals surface area contributed by atoms with Gasteiger partial charge >= 0.3 is 0 Å². The molecule has 1 amide bonds. The van der Waals surface area contributed by atoms with Crippen molar-refractivity contribution >= 4 is 17.2 Å². The minimum absolute atomic E-state index is 0.177. The lowest BCUT2D eigenvalue weighted by atomic mass is 10.2. The zero-order valence-corrected chi connectivity index (χ0v) is 11.8. The number of amides is 1. The number of hydrogen-bond acceptors (Lipinski definition) is 3. The van der Waals surface area contributed by atoms with E-state index in [-0.39, 0.29) is 11.7 Å². The Morgan fingerprint density at radius 2 is 2.05 bits per heavy atom. The van der Waals surface area contributed by atoms with Gasteiger partial charge in [-0.15, -0.1) is 0 Å². The van der Waals surface area contributed by atoms with E-state index in [9.17, 15) is 9.90 Å². The zero-order chi connectivity index (χ0) is 15.0. The van der Waals surface area contributed by atoms with Gasteiger partial charge in [-0.3, -0.25) is 9.20 Å². The van der Waals surface area contributed by atoms with Crippen molar-refractivity contribution in [1.82, 2.24) is 9.38 Å². The van der Waals surface area contributed by atoms with Gasteiger partial charge < -0.3 is 10.4 Å². The molecule has 0 aliphatic carbocycles. The number of aryl methyl sites for hydroxylation is 2. The summed E-state index contributed by atoms with van der Waals surface area (Å²) in [7, 11) is 0. The van der Waals surface area contributed by atoms with Gasteiger partial charge in [0.05, 0.1) is 5.69 Å². The van der Waals surface area contributed by atoms with Crippen LogP contribution in [0.1, 0.15) is 21.7 Å². The predicted molar refractivity (Wildman–Crippen MR) is 80.7 cm³/mol. The Morgan fingerprint density at radius 3 is 2.81 bits per heavy atom. The minimum Gasteiger partial charge on any atom is -0.508 e. The van der Waals surface area contributed by atoms with Crippen molar-refractivity contribution in [2.75, 3.05) is 5.32 Å². The molecule has 0 fully saturated rings. The molecule has 21 heavy (non-hydrogen) atoms. The number of fused-ring (bicyclic) bond motifs is 1. The van der Waals surface area contributed by atoms with Gasteiger partial charge in [0.15, 0.2) is 0 Å². The fourth-order valence-corrected chi connectivity index (χ4v) is 2.36. The summed E-state index contributed by atoms with van der Waals surface area (Å²) in [5.41, 5.74) is 3.40. The van der Waals surface area contributed by atoms with E-state index < -0.39 is 0 Å². The Hall–Kier alpha value is -2.82. The molecule has 2 N–H and O–H groups in total. The molecular weight excluding hydrogens is 266 g/mol. The van der Waals surface area contributed by atoms with E-state index in [1.165, 1.54) is 0 Å². The molecule has 2 heterocycles. The molecule has 0 saturated carbocycles. The molecule has 3 rings (SSSR count). The van der Waals surface area contributed by atoms with Crippen LogP contribution < -0.4 is 5.32 Å². The van der Waals surface area contributed by atoms with Crippen molar-refractivity contribution in [3.8, 4) is 5.75 Å². The van der Waals surface area contributed by atoms with E-state index in [0.29, 0.717) is 17.1 Å². The molecule has 0 bridgehead atoms. The van der Waals surface area contributed by atoms with E-state index >= 15 is 0 Å². The van der Waals surface area contributed by atoms with Gasteiger partial charge in [0.1, 0.15) is 17.1 Å². The Bertz CT molecular complexity index is 837. The normalized spacial score (nSPS) is 10.8. The fourth-order valence-electron chi connectivity index (χ4n) is 2.36. The summed E-state index contributed by atoms with van der Waals surface area (Å²) < 4.78 is 1.76. The number of carbonyl (C=O) groups excluding carboxylic acids is 1. The summed E-state index contributed by atoms with van der Waals surface area (Å²) >= 11 is 0. The molecule has 0 atom stereocenters. The van der Waals surface area contributed by atoms with Crippen LogP contribution in [0.2, 0.25) is 0 Å². The molecule has 0 spiro atoms. The Kier molecular flexibility index (Phi) is 3.10. The van der Waals surface area contributed by atoms with Crippen LogP contribution in [0.5, 0.6) is 5.75 Å². The summed E-state index contributed by atoms with van der Waals surface area (Å²) in [5, 5.41) is 12.3. The molecule has 0 aliphatic heterocycles. The Morgan fingerprint density at radius 1 is 1.24 bits per heavy atom. The van der Waals surface area contributed by atoms with Crippen LogP contribution in [0.3, 0.4) is 0 Å². The summed E-state index contributed by atoms with van der Waals surface area (Å²) in [6.45, 7) is 3.64. The topological polar surface area (TPSA) is 66.6 Å². The Labute approximate surface area is 121 Å². The highest BCUT2D eigenvalue weighted by molar-refractivity contribution is 6.04. The number of benzene rings is 1. The van der Waals surface area contributed by atoms with Crippen LogP contribution in [-0.4, -0.2) is 20.4 Å². The van der Waals surface area contributed by atoms with Crippen LogP contribution >= 0.6 is 0 Å². The van der Waals surface area contributed by atoms with Crippen molar-refractivity contribution in [3.63, 3.8) is 0 Å². The molecule has 0 unspecified atom stereocenters. The van der Waals surface area contributed by atoms with Crippen molar-refractivity contribution in [3.05, 3.63) is 59.5 Å². The number of pyridine rings is 1. The van der Waals surface area contributed by atoms with Gasteiger partial charge in [0.25, 0.3) is 5.91 Å². The molecule has 0 radical (unpaired) electrons. The summed E-state index contributed by atoms with van der Waals surface area (Å²) in [6.07, 6.45) is 1.81. The van der Waals surface area contributed by atoms with Gasteiger partial charge in [0.2, 0.25) is 0 Å². The highest BCUT2D eigenvalue weighted by Gasteiger charge is 2.17. The van der Waals surface area contributed by atoms with Crippen LogP contribution in [0.4, 0.5) is 5.69 Å². The second-order valence-electron chi connectivity index (χ2n) is 4.93. The molecular formula is C16H15N3O2. The lowest BCUT2D eigenvalue weighted by molar-refractivity contribution is 0.102. The van der Waals surface area contributed by atoms with E-state index in [0.717, 1.165) is 11.2 Å². The first-order valence-corrected chi connectivity index (χ1v) is 6.61. The number of hydrogen-bond donors (Lipinski definition) is 2. The lowest BCUT2D eigenvalue weighted by Gasteiger charge is -2.09. The number of aromatic nitrogens is 2. The zero-order valence-electron chi connectivity index (χ0n) is 11.8. The quantitative estimate of drug-likeness (QED) is 0.710. The first-order valence-electron chi connectivity index (χ1n) is 6.61. The fraction of sp³-hybridized carbons (Fsp3) is 0.125. The standard InChI is InChI=1S/C16H15N3O2/c1-10-9-12(20)6-7-13(10)18-16(21)15-11(2)17-14-5-3-4-8-19(14)15/h3-9,20H,1-2H3,(H,18,21). The molecule has 3 aromatic rings. The van der Waals surface area contributed by atoms with Crippen molar-refractivity contribution in [2.24, 2.45) is 0 Å². The first-order chi connectivity index (χ1) is 10.1. The smallest absolute Gasteiger partial charge is 0.274 e. The van der Waals surface area contributed by atoms with Crippen LogP contribution in [0.25, 0.3) is 5.65 Å². The largest absolute Gasteiger partial charge is 0.508 e. The maximum absolute atomic E-state index is 12.5. The molecule has 0 aliphatic rings. The minimum atomic E-state index is -0.222. The maximum Gasteiger partial charge on any atom is 0.274 e. The lowest BCUT2D eigenvalue weighted by Crippen LogP contribution is -2.16. The molecule has 5 heteroatoms. The third kappa shape index (κ3) is 2.33. The number of phenolic OH excluding ortho intramolecular Hbond substituents is 1. The third-order valence-corrected chi connectivity index (χ3v) is 3.38. The second-order valence-corrected chi connectivity index (χ2v) is 4.93. The monoisotopic (exact) mass is 281 g/mol. The van der Waals surface area contributed by atoms with Gasteiger partial charge in [-0.25, -0.2) is 4.98 Å². The molecule has 2 aromatic heterocycles. The number of nitrogens with zero attached hydrogens (tertiary/aromatic N) is 2. The number of anilines is 1. The second kappa shape index (κ2) is 4.94. The molecule has 5 nitrogen and oxygen atoms in total. The highest BCUT2D eigenvalue weighted by atomic mass is 16.3. The van der Waals surface area contributed by atoms with Crippen LogP contribution in [0, 0.1) is 13.8 Å². The van der Waals surface area contributed by atoms with Crippen molar-refractivity contribution in [1.29, 1.82) is 0 Å². The van der Waals surface area contributed by atoms with E-state index in [1.54, 1.807) is 22.6 Å². The van der Waals surface area contributed by atoms with Crippen molar-refractivity contribution < 1.29 is 9.90 Å². The third-order valence-electron chi connectivity index (χ3n) is 3.38. The number of carbonyl (C=O) groups is 1. The number of imidazole rings is 1. The molecule has 1 aromatic carbocycles. The SMILES string of the molecule is Cc1cc(O)ccc1NC(=O)c1c(C)nc2ccccn12. The maximum atomic E-state index is 12.5. The van der Waals surface area contributed by atoms with E-state index in [2.05, 4.69) is 10.3 Å². The van der Waals surface area contributed by atoms with Gasteiger partial charge in [-0.05, 0) is 49.7 Å². The molecule has 0 saturated heterocycles. The average molecular weight is 281 g/mol. The Balaban J connectivity index is 1.99. The number of phenols is 1. The number of aromatic hydroxyl groups is 1. The summed E-state index contributed by atoms with van der Waals surface area (Å²) in [4.78, 5) is 16.9. The number of nitrogens with one attached hydrogen (secondary N) is 1. The predicted octanol–water partition coefficient (Wildman–Crippen LogP) is 2.91. The van der Waals surface area contributed by atoms with E-state index in [1.807, 2.05) is 38.2 Å².